The number of hydrogen-bond donors (Lipinski definition) is 2. The van der Waals surface area contributed by atoms with Gasteiger partial charge in [-0.1, -0.05) is 42.5 Å². The lowest BCUT2D eigenvalue weighted by Gasteiger charge is -2.15. The van der Waals surface area contributed by atoms with Crippen molar-refractivity contribution >= 4 is 21.7 Å². The number of carbonyl (C=O) groups is 2. The highest BCUT2D eigenvalue weighted by Crippen LogP contribution is 2.17. The number of sulfone groups is 1. The van der Waals surface area contributed by atoms with Crippen molar-refractivity contribution in [3.63, 3.8) is 0 Å². The van der Waals surface area contributed by atoms with Crippen LogP contribution in [0.2, 0.25) is 0 Å². The first kappa shape index (κ1) is 19.7. The van der Waals surface area contributed by atoms with Gasteiger partial charge >= 0.3 is 5.97 Å². The van der Waals surface area contributed by atoms with Crippen molar-refractivity contribution < 1.29 is 23.1 Å². The van der Waals surface area contributed by atoms with Gasteiger partial charge in [-0.15, -0.1) is 0 Å². The zero-order valence-electron chi connectivity index (χ0n) is 14.5. The molecule has 0 bridgehead atoms. The molecular formula is C19H21NO5S. The highest BCUT2D eigenvalue weighted by atomic mass is 32.2. The van der Waals surface area contributed by atoms with E-state index in [2.05, 4.69) is 5.32 Å². The van der Waals surface area contributed by atoms with Gasteiger partial charge in [-0.05, 0) is 37.1 Å². The largest absolute Gasteiger partial charge is 0.479 e. The van der Waals surface area contributed by atoms with Gasteiger partial charge in [0.05, 0.1) is 16.6 Å². The van der Waals surface area contributed by atoms with Gasteiger partial charge in [-0.25, -0.2) is 13.2 Å². The van der Waals surface area contributed by atoms with Gasteiger partial charge < -0.3 is 10.4 Å². The van der Waals surface area contributed by atoms with Gasteiger partial charge in [-0.2, -0.15) is 0 Å². The number of carboxylic acid groups (broad SMARTS) is 1. The molecule has 0 heterocycles. The molecule has 0 spiro atoms. The Bertz CT molecular complexity index is 874. The van der Waals surface area contributed by atoms with Crippen molar-refractivity contribution in [1.29, 1.82) is 0 Å². The van der Waals surface area contributed by atoms with Crippen molar-refractivity contribution in [2.24, 2.45) is 0 Å². The lowest BCUT2D eigenvalue weighted by atomic mass is 10.1. The molecule has 138 valence electrons. The van der Waals surface area contributed by atoms with Crippen LogP contribution in [-0.2, 0) is 25.8 Å². The molecule has 0 aromatic heterocycles. The highest BCUT2D eigenvalue weighted by molar-refractivity contribution is 7.92. The van der Waals surface area contributed by atoms with Crippen molar-refractivity contribution in [1.82, 2.24) is 5.32 Å². The summed E-state index contributed by atoms with van der Waals surface area (Å²) in [6.45, 7) is 3.21. The summed E-state index contributed by atoms with van der Waals surface area (Å²) in [6.07, 6.45) is -0.0430. The van der Waals surface area contributed by atoms with Gasteiger partial charge in [-0.3, -0.25) is 4.79 Å². The topological polar surface area (TPSA) is 101 Å². The van der Waals surface area contributed by atoms with E-state index in [1.165, 1.54) is 12.1 Å². The van der Waals surface area contributed by atoms with Crippen LogP contribution < -0.4 is 5.32 Å². The Hall–Kier alpha value is -2.67. The number of carboxylic acids is 1. The SMILES string of the molecule is CC(C)S(=O)(=O)c1ccc(CC(=O)N[C@H](C(=O)O)c2ccccc2)cc1. The van der Waals surface area contributed by atoms with E-state index in [-0.39, 0.29) is 11.3 Å². The summed E-state index contributed by atoms with van der Waals surface area (Å²) in [7, 11) is -3.37. The van der Waals surface area contributed by atoms with Crippen LogP contribution in [0, 0.1) is 0 Å². The van der Waals surface area contributed by atoms with Crippen LogP contribution in [0.15, 0.2) is 59.5 Å². The Morgan fingerprint density at radius 1 is 1.00 bits per heavy atom. The Morgan fingerprint density at radius 2 is 1.58 bits per heavy atom. The summed E-state index contributed by atoms with van der Waals surface area (Å²) in [6, 6.07) is 13.3. The molecule has 7 heteroatoms. The van der Waals surface area contributed by atoms with Gasteiger partial charge in [0.2, 0.25) is 5.91 Å². The van der Waals surface area contributed by atoms with Crippen LogP contribution in [0.4, 0.5) is 0 Å². The molecule has 2 aromatic rings. The third kappa shape index (κ3) is 4.70. The number of rotatable bonds is 7. The molecule has 0 fully saturated rings. The molecule has 0 aliphatic rings. The molecule has 0 radical (unpaired) electrons. The molecule has 26 heavy (non-hydrogen) atoms. The van der Waals surface area contributed by atoms with Crippen LogP contribution in [0.1, 0.15) is 31.0 Å². The zero-order valence-corrected chi connectivity index (χ0v) is 15.4. The third-order valence-corrected chi connectivity index (χ3v) is 6.09. The highest BCUT2D eigenvalue weighted by Gasteiger charge is 2.22. The summed E-state index contributed by atoms with van der Waals surface area (Å²) >= 11 is 0. The molecule has 0 saturated carbocycles. The average molecular weight is 375 g/mol. The van der Waals surface area contributed by atoms with E-state index < -0.39 is 33.0 Å². The maximum atomic E-state index is 12.2. The Balaban J connectivity index is 2.09. The van der Waals surface area contributed by atoms with Gasteiger partial charge in [0.15, 0.2) is 15.9 Å². The lowest BCUT2D eigenvalue weighted by Crippen LogP contribution is -2.34. The molecule has 0 unspecified atom stereocenters. The van der Waals surface area contributed by atoms with Crippen molar-refractivity contribution in [3.05, 3.63) is 65.7 Å². The van der Waals surface area contributed by atoms with E-state index in [0.29, 0.717) is 11.1 Å². The fraction of sp³-hybridized carbons (Fsp3) is 0.263. The maximum Gasteiger partial charge on any atom is 0.330 e. The summed E-state index contributed by atoms with van der Waals surface area (Å²) in [5, 5.41) is 11.3. The molecule has 0 saturated heterocycles. The Kier molecular flexibility index (Phi) is 6.15. The smallest absolute Gasteiger partial charge is 0.330 e. The number of amides is 1. The first-order valence-electron chi connectivity index (χ1n) is 8.11. The van der Waals surface area contributed by atoms with Crippen LogP contribution in [-0.4, -0.2) is 30.7 Å². The average Bonchev–Trinajstić information content (AvgIpc) is 2.60. The minimum absolute atomic E-state index is 0.0430. The molecule has 1 amide bonds. The Labute approximate surface area is 152 Å². The third-order valence-electron chi connectivity index (χ3n) is 3.92. The second kappa shape index (κ2) is 8.14. The molecule has 2 rings (SSSR count). The second-order valence-corrected chi connectivity index (χ2v) is 8.67. The van der Waals surface area contributed by atoms with Crippen LogP contribution in [0.25, 0.3) is 0 Å². The molecule has 2 aromatic carbocycles. The van der Waals surface area contributed by atoms with E-state index >= 15 is 0 Å². The number of nitrogens with one attached hydrogen (secondary N) is 1. The first-order valence-corrected chi connectivity index (χ1v) is 9.66. The molecule has 1 atom stereocenters. The second-order valence-electron chi connectivity index (χ2n) is 6.16. The molecular weight excluding hydrogens is 354 g/mol. The van der Waals surface area contributed by atoms with Gasteiger partial charge in [0.25, 0.3) is 0 Å². The van der Waals surface area contributed by atoms with Crippen molar-refractivity contribution in [3.8, 4) is 0 Å². The monoisotopic (exact) mass is 375 g/mol. The summed E-state index contributed by atoms with van der Waals surface area (Å²) < 4.78 is 24.2. The van der Waals surface area contributed by atoms with Gasteiger partial charge in [0.1, 0.15) is 0 Å². The molecule has 0 aliphatic heterocycles. The number of benzene rings is 2. The minimum Gasteiger partial charge on any atom is -0.479 e. The van der Waals surface area contributed by atoms with Crippen LogP contribution >= 0.6 is 0 Å². The summed E-state index contributed by atoms with van der Waals surface area (Å²) in [5.41, 5.74) is 1.08. The fourth-order valence-corrected chi connectivity index (χ4v) is 3.46. The summed E-state index contributed by atoms with van der Waals surface area (Å²) in [5.74, 6) is -1.61. The normalized spacial score (nSPS) is 12.6. The first-order chi connectivity index (χ1) is 12.2. The number of aliphatic carboxylic acids is 1. The van der Waals surface area contributed by atoms with E-state index in [9.17, 15) is 23.1 Å². The predicted molar refractivity (Wildman–Crippen MR) is 97.4 cm³/mol. The zero-order chi connectivity index (χ0) is 19.3. The lowest BCUT2D eigenvalue weighted by molar-refractivity contribution is -0.141. The summed E-state index contributed by atoms with van der Waals surface area (Å²) in [4.78, 5) is 23.8. The van der Waals surface area contributed by atoms with Crippen LogP contribution in [0.5, 0.6) is 0 Å². The van der Waals surface area contributed by atoms with Crippen LogP contribution in [0.3, 0.4) is 0 Å². The molecule has 6 nitrogen and oxygen atoms in total. The molecule has 0 aliphatic carbocycles. The van der Waals surface area contributed by atoms with Gasteiger partial charge in [0, 0.05) is 0 Å². The molecule has 2 N–H and O–H groups in total. The van der Waals surface area contributed by atoms with E-state index in [1.807, 2.05) is 0 Å². The van der Waals surface area contributed by atoms with Crippen molar-refractivity contribution in [2.75, 3.05) is 0 Å². The predicted octanol–water partition coefficient (Wildman–Crippen LogP) is 2.35. The number of carbonyl (C=O) groups excluding carboxylic acids is 1. The maximum absolute atomic E-state index is 12.2. The fourth-order valence-electron chi connectivity index (χ4n) is 2.40. The van der Waals surface area contributed by atoms with E-state index in [4.69, 9.17) is 0 Å². The Morgan fingerprint density at radius 3 is 2.08 bits per heavy atom. The minimum atomic E-state index is -3.37. The van der Waals surface area contributed by atoms with E-state index in [0.717, 1.165) is 0 Å². The number of hydrogen-bond acceptors (Lipinski definition) is 4. The van der Waals surface area contributed by atoms with Crippen molar-refractivity contribution in [2.45, 2.75) is 36.5 Å². The quantitative estimate of drug-likeness (QED) is 0.774. The van der Waals surface area contributed by atoms with E-state index in [1.54, 1.807) is 56.3 Å². The standard InChI is InChI=1S/C19H21NO5S/c1-13(2)26(24,25)16-10-8-14(9-11-16)12-17(21)20-18(19(22)23)15-6-4-3-5-7-15/h3-11,13,18H,12H2,1-2H3,(H,20,21)(H,22,23)/t18-/m0/s1.